The van der Waals surface area contributed by atoms with E-state index in [9.17, 15) is 0 Å². The van der Waals surface area contributed by atoms with Crippen LogP contribution in [0.2, 0.25) is 5.02 Å². The number of benzene rings is 2. The van der Waals surface area contributed by atoms with Crippen molar-refractivity contribution in [3.05, 3.63) is 60.1 Å². The van der Waals surface area contributed by atoms with E-state index in [0.717, 1.165) is 33.7 Å². The summed E-state index contributed by atoms with van der Waals surface area (Å²) in [5.41, 5.74) is 3.59. The van der Waals surface area contributed by atoms with E-state index in [1.54, 1.807) is 6.08 Å². The second-order valence-corrected chi connectivity index (χ2v) is 6.70. The fourth-order valence-corrected chi connectivity index (χ4v) is 3.02. The lowest BCUT2D eigenvalue weighted by Crippen LogP contribution is -1.79. The molecule has 0 fully saturated rings. The number of nitrogens with zero attached hydrogens (tertiary/aromatic N) is 3. The number of aromatic amines is 1. The minimum absolute atomic E-state index is 0.483. The average Bonchev–Trinajstić information content (AvgIpc) is 3.26. The van der Waals surface area contributed by atoms with Crippen LogP contribution in [-0.4, -0.2) is 25.9 Å². The summed E-state index contributed by atoms with van der Waals surface area (Å²) in [6, 6.07) is 13.4. The fourth-order valence-electron chi connectivity index (χ4n) is 2.40. The molecular weight excluding hydrogens is 356 g/mol. The molecule has 0 spiro atoms. The highest BCUT2D eigenvalue weighted by Crippen LogP contribution is 2.27. The summed E-state index contributed by atoms with van der Waals surface area (Å²) >= 11 is 7.39. The van der Waals surface area contributed by atoms with E-state index >= 15 is 0 Å². The summed E-state index contributed by atoms with van der Waals surface area (Å²) in [4.78, 5) is 7.93. The van der Waals surface area contributed by atoms with Crippen molar-refractivity contribution >= 4 is 34.4 Å². The minimum atomic E-state index is 0.483. The monoisotopic (exact) mass is 368 g/mol. The van der Waals surface area contributed by atoms with Crippen LogP contribution in [-0.2, 0) is 0 Å². The Bertz CT molecular complexity index is 1040. The zero-order valence-electron chi connectivity index (χ0n) is 13.1. The van der Waals surface area contributed by atoms with E-state index in [-0.39, 0.29) is 0 Å². The van der Waals surface area contributed by atoms with Gasteiger partial charge in [-0.15, -0.1) is 16.8 Å². The van der Waals surface area contributed by atoms with Gasteiger partial charge in [0.15, 0.2) is 0 Å². The maximum atomic E-state index is 5.94. The van der Waals surface area contributed by atoms with E-state index in [4.69, 9.17) is 16.0 Å². The molecule has 4 aromatic rings. The lowest BCUT2D eigenvalue weighted by atomic mass is 10.2. The van der Waals surface area contributed by atoms with Crippen LogP contribution >= 0.6 is 23.4 Å². The van der Waals surface area contributed by atoms with Crippen molar-refractivity contribution < 1.29 is 4.42 Å². The van der Waals surface area contributed by atoms with Crippen LogP contribution in [0, 0.1) is 0 Å². The first-order valence-electron chi connectivity index (χ1n) is 7.56. The average molecular weight is 369 g/mol. The van der Waals surface area contributed by atoms with Crippen LogP contribution in [0.4, 0.5) is 0 Å². The molecule has 0 amide bonds. The van der Waals surface area contributed by atoms with Gasteiger partial charge in [0.2, 0.25) is 5.89 Å². The number of fused-ring (bicyclic) bond motifs is 1. The smallest absolute Gasteiger partial charge is 0.277 e. The number of hydrogen-bond donors (Lipinski definition) is 1. The van der Waals surface area contributed by atoms with Gasteiger partial charge in [0, 0.05) is 21.9 Å². The van der Waals surface area contributed by atoms with Gasteiger partial charge in [-0.3, -0.25) is 0 Å². The van der Waals surface area contributed by atoms with Crippen LogP contribution in [0.15, 0.2) is 64.8 Å². The first kappa shape index (κ1) is 15.9. The standard InChI is InChI=1S/C18H13ClN4OS/c1-2-9-25-18-23-22-17(24-18)12-5-8-14-15(10-12)21-16(20-14)11-3-6-13(19)7-4-11/h2-8,10H,1,9H2,(H,20,21). The molecule has 0 saturated carbocycles. The summed E-state index contributed by atoms with van der Waals surface area (Å²) in [5.74, 6) is 2.00. The van der Waals surface area contributed by atoms with Gasteiger partial charge >= 0.3 is 0 Å². The van der Waals surface area contributed by atoms with E-state index in [1.807, 2.05) is 42.5 Å². The van der Waals surface area contributed by atoms with Gasteiger partial charge in [0.05, 0.1) is 11.0 Å². The Hall–Kier alpha value is -2.57. The zero-order chi connectivity index (χ0) is 17.2. The van der Waals surface area contributed by atoms with E-state index in [0.29, 0.717) is 16.1 Å². The van der Waals surface area contributed by atoms with Crippen LogP contribution < -0.4 is 0 Å². The largest absolute Gasteiger partial charge is 0.411 e. The molecule has 25 heavy (non-hydrogen) atoms. The number of rotatable bonds is 5. The number of hydrogen-bond acceptors (Lipinski definition) is 5. The second kappa shape index (κ2) is 6.74. The highest BCUT2D eigenvalue weighted by molar-refractivity contribution is 7.99. The Kier molecular flexibility index (Phi) is 4.29. The van der Waals surface area contributed by atoms with Gasteiger partial charge < -0.3 is 9.40 Å². The molecule has 2 heterocycles. The highest BCUT2D eigenvalue weighted by Gasteiger charge is 2.11. The number of H-pyrrole nitrogens is 1. The third-order valence-electron chi connectivity index (χ3n) is 3.58. The molecule has 4 rings (SSSR count). The van der Waals surface area contributed by atoms with E-state index in [1.165, 1.54) is 11.8 Å². The Morgan fingerprint density at radius 3 is 2.72 bits per heavy atom. The molecule has 0 atom stereocenters. The normalized spacial score (nSPS) is 11.1. The molecule has 124 valence electrons. The molecule has 0 aliphatic heterocycles. The third kappa shape index (κ3) is 3.31. The molecule has 2 aromatic heterocycles. The molecule has 7 heteroatoms. The molecule has 1 N–H and O–H groups in total. The fraction of sp³-hybridized carbons (Fsp3) is 0.0556. The minimum Gasteiger partial charge on any atom is -0.411 e. The van der Waals surface area contributed by atoms with Gasteiger partial charge in [0.1, 0.15) is 5.82 Å². The van der Waals surface area contributed by atoms with Crippen LogP contribution in [0.25, 0.3) is 33.9 Å². The van der Waals surface area contributed by atoms with Gasteiger partial charge in [-0.1, -0.05) is 29.4 Å². The molecule has 0 aliphatic rings. The van der Waals surface area contributed by atoms with Gasteiger partial charge in [-0.2, -0.15) is 0 Å². The quantitative estimate of drug-likeness (QED) is 0.387. The third-order valence-corrected chi connectivity index (χ3v) is 4.64. The van der Waals surface area contributed by atoms with E-state index < -0.39 is 0 Å². The summed E-state index contributed by atoms with van der Waals surface area (Å²) < 4.78 is 5.67. The van der Waals surface area contributed by atoms with Gasteiger partial charge in [-0.25, -0.2) is 4.98 Å². The van der Waals surface area contributed by atoms with Crippen LogP contribution in [0.3, 0.4) is 0 Å². The Morgan fingerprint density at radius 2 is 1.92 bits per heavy atom. The summed E-state index contributed by atoms with van der Waals surface area (Å²) in [7, 11) is 0. The SMILES string of the molecule is C=CCSc1nnc(-c2ccc3nc(-c4ccc(Cl)cc4)[nH]c3c2)o1. The first-order chi connectivity index (χ1) is 12.2. The summed E-state index contributed by atoms with van der Waals surface area (Å²) in [6.07, 6.45) is 1.80. The zero-order valence-corrected chi connectivity index (χ0v) is 14.6. The topological polar surface area (TPSA) is 67.6 Å². The van der Waals surface area contributed by atoms with Crippen molar-refractivity contribution in [1.82, 2.24) is 20.2 Å². The maximum absolute atomic E-state index is 5.94. The van der Waals surface area contributed by atoms with Crippen molar-refractivity contribution in [2.24, 2.45) is 0 Å². The predicted octanol–water partition coefficient (Wildman–Crippen LogP) is 5.21. The molecule has 0 radical (unpaired) electrons. The number of nitrogens with one attached hydrogen (secondary N) is 1. The molecular formula is C18H13ClN4OS. The van der Waals surface area contributed by atoms with E-state index in [2.05, 4.69) is 26.7 Å². The molecule has 0 unspecified atom stereocenters. The van der Waals surface area contributed by atoms with Crippen LogP contribution in [0.5, 0.6) is 0 Å². The maximum Gasteiger partial charge on any atom is 0.277 e. The number of imidazole rings is 1. The number of halogens is 1. The van der Waals surface area contributed by atoms with Gasteiger partial charge in [-0.05, 0) is 42.5 Å². The number of thioether (sulfide) groups is 1. The highest BCUT2D eigenvalue weighted by atomic mass is 35.5. The molecule has 5 nitrogen and oxygen atoms in total. The first-order valence-corrected chi connectivity index (χ1v) is 8.92. The molecule has 0 aliphatic carbocycles. The Balaban J connectivity index is 1.67. The molecule has 0 saturated heterocycles. The van der Waals surface area contributed by atoms with Crippen molar-refractivity contribution in [1.29, 1.82) is 0 Å². The lowest BCUT2D eigenvalue weighted by molar-refractivity contribution is 0.466. The van der Waals surface area contributed by atoms with Crippen LogP contribution in [0.1, 0.15) is 0 Å². The molecule has 2 aromatic carbocycles. The molecule has 0 bridgehead atoms. The summed E-state index contributed by atoms with van der Waals surface area (Å²) in [5, 5.41) is 9.36. The Morgan fingerprint density at radius 1 is 1.12 bits per heavy atom. The number of aromatic nitrogens is 4. The van der Waals surface area contributed by atoms with Crippen molar-refractivity contribution in [2.75, 3.05) is 5.75 Å². The second-order valence-electron chi connectivity index (χ2n) is 5.30. The predicted molar refractivity (Wildman–Crippen MR) is 101 cm³/mol. The lowest BCUT2D eigenvalue weighted by Gasteiger charge is -1.95. The van der Waals surface area contributed by atoms with Gasteiger partial charge in [0.25, 0.3) is 5.22 Å². The van der Waals surface area contributed by atoms with Crippen molar-refractivity contribution in [3.8, 4) is 22.8 Å². The summed E-state index contributed by atoms with van der Waals surface area (Å²) in [6.45, 7) is 3.68. The Labute approximate surface area is 153 Å². The van der Waals surface area contributed by atoms with Crippen molar-refractivity contribution in [3.63, 3.8) is 0 Å². The van der Waals surface area contributed by atoms with Crippen molar-refractivity contribution in [2.45, 2.75) is 5.22 Å².